The maximum absolute atomic E-state index is 5.70. The van der Waals surface area contributed by atoms with E-state index in [1.54, 1.807) is 6.20 Å². The van der Waals surface area contributed by atoms with Crippen molar-refractivity contribution in [3.8, 4) is 0 Å². The monoisotopic (exact) mass is 278 g/mol. The molecule has 5 heteroatoms. The zero-order valence-electron chi connectivity index (χ0n) is 11.4. The van der Waals surface area contributed by atoms with Gasteiger partial charge < -0.3 is 11.1 Å². The van der Waals surface area contributed by atoms with Crippen LogP contribution < -0.4 is 11.1 Å². The van der Waals surface area contributed by atoms with Crippen LogP contribution in [-0.4, -0.2) is 21.2 Å². The van der Waals surface area contributed by atoms with Gasteiger partial charge in [-0.25, -0.2) is 0 Å². The Hall–Kier alpha value is -1.23. The van der Waals surface area contributed by atoms with E-state index in [4.69, 9.17) is 18.0 Å². The highest BCUT2D eigenvalue weighted by molar-refractivity contribution is 7.80. The molecule has 0 spiro atoms. The van der Waals surface area contributed by atoms with E-state index in [1.807, 2.05) is 6.07 Å². The van der Waals surface area contributed by atoms with Crippen LogP contribution in [0.1, 0.15) is 51.0 Å². The third-order valence-electron chi connectivity index (χ3n) is 3.87. The molecule has 0 saturated heterocycles. The maximum atomic E-state index is 5.70. The summed E-state index contributed by atoms with van der Waals surface area (Å²) in [7, 11) is 0. The number of hydrogen-bond donors (Lipinski definition) is 2. The molecule has 1 heterocycles. The van der Waals surface area contributed by atoms with Crippen molar-refractivity contribution in [2.45, 2.75) is 51.5 Å². The average molecular weight is 278 g/mol. The van der Waals surface area contributed by atoms with Gasteiger partial charge in [-0.3, -0.25) is 0 Å². The molecule has 0 bridgehead atoms. The van der Waals surface area contributed by atoms with Crippen molar-refractivity contribution < 1.29 is 0 Å². The molecule has 1 aromatic rings. The predicted molar refractivity (Wildman–Crippen MR) is 82.2 cm³/mol. The molecule has 1 saturated carbocycles. The van der Waals surface area contributed by atoms with Gasteiger partial charge in [0.15, 0.2) is 5.82 Å². The van der Waals surface area contributed by atoms with Gasteiger partial charge in [-0.2, -0.15) is 5.10 Å². The first-order chi connectivity index (χ1) is 9.20. The molecule has 19 heavy (non-hydrogen) atoms. The Morgan fingerprint density at radius 1 is 1.42 bits per heavy atom. The van der Waals surface area contributed by atoms with E-state index < -0.39 is 0 Å². The number of nitrogens with two attached hydrogens (primary N) is 1. The summed E-state index contributed by atoms with van der Waals surface area (Å²) >= 11 is 5.04. The van der Waals surface area contributed by atoms with Crippen molar-refractivity contribution in [1.82, 2.24) is 10.2 Å². The molecule has 0 unspecified atom stereocenters. The van der Waals surface area contributed by atoms with Gasteiger partial charge in [0.1, 0.15) is 4.99 Å². The van der Waals surface area contributed by atoms with E-state index in [1.165, 1.54) is 38.5 Å². The van der Waals surface area contributed by atoms with Crippen LogP contribution in [0.25, 0.3) is 0 Å². The average Bonchev–Trinajstić information content (AvgIpc) is 2.42. The second kappa shape index (κ2) is 6.80. The van der Waals surface area contributed by atoms with Crippen molar-refractivity contribution in [2.75, 3.05) is 5.32 Å². The van der Waals surface area contributed by atoms with Gasteiger partial charge in [-0.15, -0.1) is 5.10 Å². The summed E-state index contributed by atoms with van der Waals surface area (Å²) in [4.78, 5) is 0.372. The first kappa shape index (κ1) is 14.2. The lowest BCUT2D eigenvalue weighted by Crippen LogP contribution is -2.28. The molecular formula is C14H22N4S. The minimum Gasteiger partial charge on any atom is -0.389 e. The minimum absolute atomic E-state index is 0.372. The van der Waals surface area contributed by atoms with Gasteiger partial charge >= 0.3 is 0 Å². The molecule has 1 fully saturated rings. The van der Waals surface area contributed by atoms with Crippen LogP contribution in [0, 0.1) is 5.92 Å². The first-order valence-electron chi connectivity index (χ1n) is 7.08. The lowest BCUT2D eigenvalue weighted by atomic mass is 9.83. The van der Waals surface area contributed by atoms with Gasteiger partial charge in [0.25, 0.3) is 0 Å². The Labute approximate surface area is 120 Å². The van der Waals surface area contributed by atoms with Gasteiger partial charge in [-0.05, 0) is 37.7 Å². The normalized spacial score (nSPS) is 23.0. The zero-order chi connectivity index (χ0) is 13.7. The van der Waals surface area contributed by atoms with Crippen molar-refractivity contribution in [1.29, 1.82) is 0 Å². The van der Waals surface area contributed by atoms with Gasteiger partial charge in [0.2, 0.25) is 0 Å². The summed E-state index contributed by atoms with van der Waals surface area (Å²) in [6.07, 6.45) is 9.25. The molecule has 1 aliphatic rings. The van der Waals surface area contributed by atoms with Crippen LogP contribution in [0.5, 0.6) is 0 Å². The highest BCUT2D eigenvalue weighted by Gasteiger charge is 2.21. The highest BCUT2D eigenvalue weighted by Crippen LogP contribution is 2.29. The van der Waals surface area contributed by atoms with Gasteiger partial charge in [0.05, 0.1) is 11.8 Å². The van der Waals surface area contributed by atoms with Gasteiger partial charge in [-0.1, -0.05) is 32.0 Å². The number of nitrogens with one attached hydrogen (secondary N) is 1. The highest BCUT2D eigenvalue weighted by atomic mass is 32.1. The molecule has 3 N–H and O–H groups in total. The van der Waals surface area contributed by atoms with Crippen LogP contribution in [0.3, 0.4) is 0 Å². The first-order valence-corrected chi connectivity index (χ1v) is 7.49. The summed E-state index contributed by atoms with van der Waals surface area (Å²) in [5.74, 6) is 1.63. The van der Waals surface area contributed by atoms with Gasteiger partial charge in [0, 0.05) is 6.04 Å². The minimum atomic E-state index is 0.372. The van der Waals surface area contributed by atoms with Crippen LogP contribution in [0.15, 0.2) is 12.3 Å². The zero-order valence-corrected chi connectivity index (χ0v) is 12.2. The fraction of sp³-hybridized carbons (Fsp3) is 0.643. The van der Waals surface area contributed by atoms with Crippen LogP contribution in [-0.2, 0) is 0 Å². The lowest BCUT2D eigenvalue weighted by molar-refractivity contribution is 0.318. The molecule has 0 amide bonds. The largest absolute Gasteiger partial charge is 0.389 e. The van der Waals surface area contributed by atoms with Crippen molar-refractivity contribution in [2.24, 2.45) is 11.7 Å². The fourth-order valence-corrected chi connectivity index (χ4v) is 3.00. The standard InChI is InChI=1S/C14H22N4S/c1-2-3-10-4-6-11(7-5-10)17-14-12(13(15)19)8-9-16-18-14/h8-11H,2-7H2,1H3,(H2,15,19)(H,17,18). The summed E-state index contributed by atoms with van der Waals surface area (Å²) in [5.41, 5.74) is 6.50. The number of thiocarbonyl (C=S) groups is 1. The molecule has 0 atom stereocenters. The Kier molecular flexibility index (Phi) is 5.07. The summed E-state index contributed by atoms with van der Waals surface area (Å²) < 4.78 is 0. The Morgan fingerprint density at radius 2 is 2.16 bits per heavy atom. The third-order valence-corrected chi connectivity index (χ3v) is 4.09. The molecule has 0 radical (unpaired) electrons. The Morgan fingerprint density at radius 3 is 2.79 bits per heavy atom. The van der Waals surface area contributed by atoms with Crippen molar-refractivity contribution in [3.05, 3.63) is 17.8 Å². The second-order valence-corrected chi connectivity index (χ2v) is 5.75. The molecule has 104 valence electrons. The fourth-order valence-electron chi connectivity index (χ4n) is 2.83. The number of aromatic nitrogens is 2. The molecule has 0 aliphatic heterocycles. The van der Waals surface area contributed by atoms with Crippen LogP contribution in [0.4, 0.5) is 5.82 Å². The van der Waals surface area contributed by atoms with Crippen molar-refractivity contribution in [3.63, 3.8) is 0 Å². The molecule has 1 aliphatic carbocycles. The summed E-state index contributed by atoms with van der Waals surface area (Å²) in [5, 5.41) is 11.5. The second-order valence-electron chi connectivity index (χ2n) is 5.31. The van der Waals surface area contributed by atoms with E-state index in [0.29, 0.717) is 11.0 Å². The Balaban J connectivity index is 1.94. The smallest absolute Gasteiger partial charge is 0.159 e. The maximum Gasteiger partial charge on any atom is 0.159 e. The SMILES string of the molecule is CCCC1CCC(Nc2nnccc2C(N)=S)CC1. The van der Waals surface area contributed by atoms with E-state index in [9.17, 15) is 0 Å². The summed E-state index contributed by atoms with van der Waals surface area (Å²) in [6.45, 7) is 2.26. The molecule has 4 nitrogen and oxygen atoms in total. The van der Waals surface area contributed by atoms with E-state index >= 15 is 0 Å². The molecule has 1 aromatic heterocycles. The van der Waals surface area contributed by atoms with Crippen LogP contribution in [0.2, 0.25) is 0 Å². The lowest BCUT2D eigenvalue weighted by Gasteiger charge is -2.29. The quantitative estimate of drug-likeness (QED) is 0.811. The predicted octanol–water partition coefficient (Wildman–Crippen LogP) is 2.88. The molecule has 2 rings (SSSR count). The number of hydrogen-bond acceptors (Lipinski definition) is 4. The number of nitrogens with zero attached hydrogens (tertiary/aromatic N) is 2. The van der Waals surface area contributed by atoms with E-state index in [2.05, 4.69) is 22.4 Å². The third kappa shape index (κ3) is 3.86. The topological polar surface area (TPSA) is 63.8 Å². The van der Waals surface area contributed by atoms with Crippen LogP contribution >= 0.6 is 12.2 Å². The van der Waals surface area contributed by atoms with Crippen molar-refractivity contribution >= 4 is 23.0 Å². The number of anilines is 1. The van der Waals surface area contributed by atoms with E-state index in [-0.39, 0.29) is 0 Å². The molecule has 0 aromatic carbocycles. The van der Waals surface area contributed by atoms with E-state index in [0.717, 1.165) is 17.3 Å². The molecular weight excluding hydrogens is 256 g/mol. The summed E-state index contributed by atoms with van der Waals surface area (Å²) in [6, 6.07) is 2.29. The number of rotatable bonds is 5. The Bertz CT molecular complexity index is 427.